The normalized spacial score (nSPS) is 16.1. The molecule has 0 aliphatic carbocycles. The van der Waals surface area contributed by atoms with Crippen LogP contribution in [0.5, 0.6) is 11.5 Å². The highest BCUT2D eigenvalue weighted by atomic mass is 16.5. The molecular formula is C19H25N3O3. The average Bonchev–Trinajstić information content (AvgIpc) is 2.86. The van der Waals surface area contributed by atoms with Crippen LogP contribution < -0.4 is 9.47 Å². The molecule has 0 bridgehead atoms. The number of aromatic nitrogens is 2. The third-order valence-corrected chi connectivity index (χ3v) is 4.96. The van der Waals surface area contributed by atoms with Crippen LogP contribution in [0.2, 0.25) is 0 Å². The van der Waals surface area contributed by atoms with Crippen LogP contribution in [0.4, 0.5) is 0 Å². The topological polar surface area (TPSA) is 56.6 Å². The molecule has 6 nitrogen and oxygen atoms in total. The van der Waals surface area contributed by atoms with Crippen LogP contribution >= 0.6 is 0 Å². The van der Waals surface area contributed by atoms with Gasteiger partial charge in [0.15, 0.2) is 11.5 Å². The quantitative estimate of drug-likeness (QED) is 0.854. The van der Waals surface area contributed by atoms with Crippen LogP contribution in [0.15, 0.2) is 18.2 Å². The molecule has 0 N–H and O–H groups in total. The van der Waals surface area contributed by atoms with Crippen LogP contribution in [0.25, 0.3) is 0 Å². The van der Waals surface area contributed by atoms with Gasteiger partial charge in [0.2, 0.25) is 5.91 Å². The number of amides is 1. The van der Waals surface area contributed by atoms with Crippen molar-refractivity contribution in [3.8, 4) is 11.5 Å². The Hall–Kier alpha value is -2.50. The van der Waals surface area contributed by atoms with E-state index in [-0.39, 0.29) is 11.8 Å². The van der Waals surface area contributed by atoms with E-state index in [9.17, 15) is 4.79 Å². The van der Waals surface area contributed by atoms with Gasteiger partial charge in [-0.25, -0.2) is 0 Å². The molecule has 0 spiro atoms. The maximum atomic E-state index is 12.9. The maximum Gasteiger partial charge on any atom is 0.229 e. The molecule has 1 aliphatic rings. The fraction of sp³-hybridized carbons (Fsp3) is 0.474. The van der Waals surface area contributed by atoms with Gasteiger partial charge in [-0.05, 0) is 31.9 Å². The first-order valence-electron chi connectivity index (χ1n) is 8.45. The van der Waals surface area contributed by atoms with Crippen molar-refractivity contribution in [1.29, 1.82) is 0 Å². The Balaban J connectivity index is 1.73. The van der Waals surface area contributed by atoms with Crippen molar-refractivity contribution >= 4 is 5.91 Å². The first kappa shape index (κ1) is 17.3. The van der Waals surface area contributed by atoms with E-state index in [1.54, 1.807) is 12.0 Å². The number of fused-ring (bicyclic) bond motifs is 1. The number of hydrogen-bond acceptors (Lipinski definition) is 4. The lowest BCUT2D eigenvalue weighted by atomic mass is 9.95. The number of ether oxygens (including phenoxy) is 2. The van der Waals surface area contributed by atoms with Crippen molar-refractivity contribution in [2.24, 2.45) is 13.0 Å². The Morgan fingerprint density at radius 1 is 1.44 bits per heavy atom. The Morgan fingerprint density at radius 2 is 2.20 bits per heavy atom. The summed E-state index contributed by atoms with van der Waals surface area (Å²) in [6, 6.07) is 5.80. The number of carbonyl (C=O) groups is 1. The molecule has 2 heterocycles. The Morgan fingerprint density at radius 3 is 2.84 bits per heavy atom. The molecule has 0 fully saturated rings. The molecule has 3 rings (SSSR count). The molecule has 134 valence electrons. The fourth-order valence-corrected chi connectivity index (χ4v) is 3.39. The predicted molar refractivity (Wildman–Crippen MR) is 94.8 cm³/mol. The number of nitrogens with zero attached hydrogens (tertiary/aromatic N) is 3. The number of rotatable bonds is 4. The highest BCUT2D eigenvalue weighted by molar-refractivity contribution is 5.79. The van der Waals surface area contributed by atoms with Gasteiger partial charge < -0.3 is 14.4 Å². The van der Waals surface area contributed by atoms with E-state index in [4.69, 9.17) is 9.47 Å². The van der Waals surface area contributed by atoms with E-state index in [1.807, 2.05) is 50.8 Å². The first-order valence-corrected chi connectivity index (χ1v) is 8.45. The molecule has 0 radical (unpaired) electrons. The van der Waals surface area contributed by atoms with Crippen LogP contribution in [0.3, 0.4) is 0 Å². The van der Waals surface area contributed by atoms with Crippen LogP contribution in [-0.4, -0.2) is 41.4 Å². The van der Waals surface area contributed by atoms with Crippen molar-refractivity contribution in [2.75, 3.05) is 20.8 Å². The Labute approximate surface area is 148 Å². The van der Waals surface area contributed by atoms with Gasteiger partial charge in [0, 0.05) is 31.9 Å². The second-order valence-electron chi connectivity index (χ2n) is 6.63. The van der Waals surface area contributed by atoms with Crippen molar-refractivity contribution in [3.05, 3.63) is 40.7 Å². The Bertz CT molecular complexity index is 797. The smallest absolute Gasteiger partial charge is 0.229 e. The van der Waals surface area contributed by atoms with Crippen LogP contribution in [0.1, 0.15) is 22.5 Å². The monoisotopic (exact) mass is 343 g/mol. The van der Waals surface area contributed by atoms with Gasteiger partial charge in [0.1, 0.15) is 6.61 Å². The van der Waals surface area contributed by atoms with E-state index in [0.29, 0.717) is 19.6 Å². The van der Waals surface area contributed by atoms with E-state index in [1.165, 1.54) is 0 Å². The van der Waals surface area contributed by atoms with Crippen LogP contribution in [-0.2, 0) is 24.8 Å². The number of benzene rings is 1. The standard InChI is InChI=1S/C19H25N3O3/c1-12-16(13(2)22(4)20-12)10-21(3)19(23)15-9-14-7-6-8-17(24-5)18(14)25-11-15/h6-8,15H,9-11H2,1-5H3/t15-/m0/s1. The second-order valence-corrected chi connectivity index (χ2v) is 6.63. The summed E-state index contributed by atoms with van der Waals surface area (Å²) in [5.74, 6) is 1.40. The number of carbonyl (C=O) groups excluding carboxylic acids is 1. The van der Waals surface area contributed by atoms with Gasteiger partial charge in [0.05, 0.1) is 18.7 Å². The minimum absolute atomic E-state index is 0.0936. The zero-order chi connectivity index (χ0) is 18.1. The summed E-state index contributed by atoms with van der Waals surface area (Å²) >= 11 is 0. The second kappa shape index (κ2) is 6.78. The molecule has 25 heavy (non-hydrogen) atoms. The van der Waals surface area contributed by atoms with Gasteiger partial charge in [0.25, 0.3) is 0 Å². The molecule has 2 aromatic rings. The molecule has 0 saturated heterocycles. The summed E-state index contributed by atoms with van der Waals surface area (Å²) in [6.07, 6.45) is 0.667. The van der Waals surface area contributed by atoms with Crippen molar-refractivity contribution in [1.82, 2.24) is 14.7 Å². The lowest BCUT2D eigenvalue weighted by molar-refractivity contribution is -0.136. The fourth-order valence-electron chi connectivity index (χ4n) is 3.39. The number of methoxy groups -OCH3 is 1. The molecule has 6 heteroatoms. The first-order chi connectivity index (χ1) is 11.9. The molecule has 1 aromatic heterocycles. The third-order valence-electron chi connectivity index (χ3n) is 4.96. The molecule has 1 aromatic carbocycles. The third kappa shape index (κ3) is 3.21. The maximum absolute atomic E-state index is 12.9. The largest absolute Gasteiger partial charge is 0.493 e. The molecule has 0 unspecified atom stereocenters. The molecule has 1 atom stereocenters. The van der Waals surface area contributed by atoms with Crippen LogP contribution in [0, 0.1) is 19.8 Å². The number of aryl methyl sites for hydroxylation is 2. The van der Waals surface area contributed by atoms with Gasteiger partial charge in [-0.15, -0.1) is 0 Å². The molecule has 0 saturated carbocycles. The van der Waals surface area contributed by atoms with E-state index in [0.717, 1.165) is 34.0 Å². The number of para-hydroxylation sites is 1. The molecule has 1 amide bonds. The van der Waals surface area contributed by atoms with Gasteiger partial charge in [-0.1, -0.05) is 12.1 Å². The van der Waals surface area contributed by atoms with E-state index >= 15 is 0 Å². The molecule has 1 aliphatic heterocycles. The van der Waals surface area contributed by atoms with Crippen molar-refractivity contribution in [3.63, 3.8) is 0 Å². The Kier molecular flexibility index (Phi) is 4.70. The minimum Gasteiger partial charge on any atom is -0.493 e. The van der Waals surface area contributed by atoms with Crippen molar-refractivity contribution in [2.45, 2.75) is 26.8 Å². The summed E-state index contributed by atoms with van der Waals surface area (Å²) in [7, 11) is 5.39. The summed E-state index contributed by atoms with van der Waals surface area (Å²) in [4.78, 5) is 14.7. The van der Waals surface area contributed by atoms with E-state index in [2.05, 4.69) is 5.10 Å². The highest BCUT2D eigenvalue weighted by Gasteiger charge is 2.30. The lowest BCUT2D eigenvalue weighted by Gasteiger charge is -2.29. The zero-order valence-electron chi connectivity index (χ0n) is 15.5. The zero-order valence-corrected chi connectivity index (χ0v) is 15.5. The minimum atomic E-state index is -0.179. The van der Waals surface area contributed by atoms with Gasteiger partial charge >= 0.3 is 0 Å². The summed E-state index contributed by atoms with van der Waals surface area (Å²) in [5.41, 5.74) is 4.19. The molecular weight excluding hydrogens is 318 g/mol. The average molecular weight is 343 g/mol. The van der Waals surface area contributed by atoms with Gasteiger partial charge in [-0.3, -0.25) is 9.48 Å². The number of hydrogen-bond donors (Lipinski definition) is 0. The van der Waals surface area contributed by atoms with Crippen molar-refractivity contribution < 1.29 is 14.3 Å². The van der Waals surface area contributed by atoms with Gasteiger partial charge in [-0.2, -0.15) is 5.10 Å². The SMILES string of the molecule is COc1cccc2c1OC[C@@H](C(=O)N(C)Cc1c(C)nn(C)c1C)C2. The van der Waals surface area contributed by atoms with E-state index < -0.39 is 0 Å². The summed E-state index contributed by atoms with van der Waals surface area (Å²) in [5, 5.41) is 4.42. The summed E-state index contributed by atoms with van der Waals surface area (Å²) < 4.78 is 13.0. The highest BCUT2D eigenvalue weighted by Crippen LogP contribution is 2.36. The predicted octanol–water partition coefficient (Wildman–Crippen LogP) is 2.26. The summed E-state index contributed by atoms with van der Waals surface area (Å²) in [6.45, 7) is 4.94. The lowest BCUT2D eigenvalue weighted by Crippen LogP contribution is -2.38.